The van der Waals surface area contributed by atoms with Crippen molar-refractivity contribution < 1.29 is 17.6 Å². The average molecular weight is 559 g/mol. The lowest BCUT2D eigenvalue weighted by atomic mass is 10.1. The molecule has 194 valence electrons. The Balaban J connectivity index is 1.26. The number of rotatable bonds is 6. The number of nitrogens with one attached hydrogen (secondary N) is 2. The molecule has 2 aromatic carbocycles. The van der Waals surface area contributed by atoms with Gasteiger partial charge in [0.05, 0.1) is 6.26 Å². The largest absolute Gasteiger partial charge is 0.457 e. The molecule has 1 fully saturated rings. The zero-order valence-electron chi connectivity index (χ0n) is 20.4. The van der Waals surface area contributed by atoms with Crippen LogP contribution in [0.2, 0.25) is 5.02 Å². The number of hydrogen-bond donors (Lipinski definition) is 2. The maximum Gasteiger partial charge on any atom is 0.250 e. The lowest BCUT2D eigenvalue weighted by Crippen LogP contribution is -2.48. The summed E-state index contributed by atoms with van der Waals surface area (Å²) in [5.74, 6) is 0.780. The van der Waals surface area contributed by atoms with Crippen LogP contribution < -0.4 is 15.5 Å². The Bertz CT molecular complexity index is 1430. The second-order valence-corrected chi connectivity index (χ2v) is 11.4. The van der Waals surface area contributed by atoms with Gasteiger partial charge in [0.25, 0.3) is 0 Å². The Morgan fingerprint density at radius 1 is 1.05 bits per heavy atom. The predicted molar refractivity (Wildman–Crippen MR) is 152 cm³/mol. The van der Waals surface area contributed by atoms with Crippen molar-refractivity contribution in [3.8, 4) is 11.3 Å². The smallest absolute Gasteiger partial charge is 0.250 e. The van der Waals surface area contributed by atoms with E-state index in [4.69, 9.17) is 28.2 Å². The average Bonchev–Trinajstić information content (AvgIpc) is 3.33. The Morgan fingerprint density at radius 3 is 2.41 bits per heavy atom. The molecule has 1 aliphatic heterocycles. The molecule has 0 unspecified atom stereocenters. The van der Waals surface area contributed by atoms with Gasteiger partial charge in [-0.3, -0.25) is 10.1 Å². The highest BCUT2D eigenvalue weighted by Gasteiger charge is 2.23. The van der Waals surface area contributed by atoms with E-state index in [9.17, 15) is 13.2 Å². The molecule has 0 atom stereocenters. The molecule has 11 heteroatoms. The van der Waals surface area contributed by atoms with Crippen molar-refractivity contribution in [3.05, 3.63) is 77.0 Å². The fourth-order valence-electron chi connectivity index (χ4n) is 3.85. The highest BCUT2D eigenvalue weighted by molar-refractivity contribution is 7.88. The summed E-state index contributed by atoms with van der Waals surface area (Å²) in [7, 11) is -3.16. The van der Waals surface area contributed by atoms with E-state index in [2.05, 4.69) is 15.5 Å². The second-order valence-electron chi connectivity index (χ2n) is 8.64. The van der Waals surface area contributed by atoms with E-state index in [1.165, 1.54) is 16.6 Å². The predicted octanol–water partition coefficient (Wildman–Crippen LogP) is 4.52. The highest BCUT2D eigenvalue weighted by atomic mass is 35.5. The standard InChI is InChI=1S/C26H27ClN4O4S2/c1-18-3-4-19(17-23(18)27)24-11-9-22(35-24)10-12-25(32)29-26(36)28-20-5-7-21(8-6-20)30-13-15-31(16-14-30)37(2,33)34/h3-12,17H,13-16H2,1-2H3,(H2,28,29,32,36)/b12-10+. The summed E-state index contributed by atoms with van der Waals surface area (Å²) < 4.78 is 30.6. The Labute approximate surface area is 226 Å². The van der Waals surface area contributed by atoms with Gasteiger partial charge in [0, 0.05) is 54.2 Å². The Morgan fingerprint density at radius 2 is 1.76 bits per heavy atom. The first-order valence-electron chi connectivity index (χ1n) is 11.5. The third-order valence-corrected chi connectivity index (χ3v) is 7.83. The Hall–Kier alpha value is -3.18. The van der Waals surface area contributed by atoms with E-state index in [-0.39, 0.29) is 5.11 Å². The molecule has 0 spiro atoms. The first kappa shape index (κ1) is 26.9. The van der Waals surface area contributed by atoms with Gasteiger partial charge < -0.3 is 14.6 Å². The number of carbonyl (C=O) groups excluding carboxylic acids is 1. The highest BCUT2D eigenvalue weighted by Crippen LogP contribution is 2.27. The van der Waals surface area contributed by atoms with Crippen molar-refractivity contribution in [1.82, 2.24) is 9.62 Å². The first-order valence-corrected chi connectivity index (χ1v) is 14.2. The van der Waals surface area contributed by atoms with Crippen molar-refractivity contribution in [2.75, 3.05) is 42.7 Å². The maximum atomic E-state index is 12.3. The maximum absolute atomic E-state index is 12.3. The van der Waals surface area contributed by atoms with Gasteiger partial charge in [0.15, 0.2) is 5.11 Å². The van der Waals surface area contributed by atoms with Gasteiger partial charge in [0.2, 0.25) is 15.9 Å². The lowest BCUT2D eigenvalue weighted by Gasteiger charge is -2.34. The number of nitrogens with zero attached hydrogens (tertiary/aromatic N) is 2. The normalized spacial score (nSPS) is 14.6. The minimum Gasteiger partial charge on any atom is -0.457 e. The van der Waals surface area contributed by atoms with Crippen molar-refractivity contribution in [2.24, 2.45) is 0 Å². The molecule has 2 heterocycles. The van der Waals surface area contributed by atoms with Crippen LogP contribution in [0.15, 0.2) is 65.1 Å². The molecule has 1 aromatic heterocycles. The Kier molecular flexibility index (Phi) is 8.33. The van der Waals surface area contributed by atoms with E-state index < -0.39 is 15.9 Å². The number of carbonyl (C=O) groups is 1. The number of piperazine rings is 1. The molecule has 1 aliphatic rings. The van der Waals surface area contributed by atoms with Crippen LogP contribution >= 0.6 is 23.8 Å². The van der Waals surface area contributed by atoms with Gasteiger partial charge in [-0.05, 0) is 73.2 Å². The van der Waals surface area contributed by atoms with Crippen LogP contribution in [0.4, 0.5) is 11.4 Å². The van der Waals surface area contributed by atoms with Crippen LogP contribution in [-0.2, 0) is 14.8 Å². The number of thiocarbonyl (C=S) groups is 1. The molecular weight excluding hydrogens is 532 g/mol. The minimum absolute atomic E-state index is 0.165. The summed E-state index contributed by atoms with van der Waals surface area (Å²) in [5, 5.41) is 6.42. The quantitative estimate of drug-likeness (QED) is 0.339. The summed E-state index contributed by atoms with van der Waals surface area (Å²) >= 11 is 11.4. The zero-order chi connectivity index (χ0) is 26.6. The summed E-state index contributed by atoms with van der Waals surface area (Å²) in [4.78, 5) is 14.4. The zero-order valence-corrected chi connectivity index (χ0v) is 22.8. The monoisotopic (exact) mass is 558 g/mol. The third kappa shape index (κ3) is 7.20. The fraction of sp³-hybridized carbons (Fsp3) is 0.231. The summed E-state index contributed by atoms with van der Waals surface area (Å²) in [6.45, 7) is 4.10. The molecule has 2 N–H and O–H groups in total. The molecule has 3 aromatic rings. The minimum atomic E-state index is -3.16. The molecule has 8 nitrogen and oxygen atoms in total. The number of halogens is 1. The molecule has 1 amide bonds. The number of aryl methyl sites for hydroxylation is 1. The fourth-order valence-corrected chi connectivity index (χ4v) is 5.08. The SMILES string of the molecule is Cc1ccc(-c2ccc(/C=C/C(=O)NC(=S)Nc3ccc(N4CCN(S(C)(=O)=O)CC4)cc3)o2)cc1Cl. The van der Waals surface area contributed by atoms with Crippen LogP contribution in [0.3, 0.4) is 0 Å². The first-order chi connectivity index (χ1) is 17.6. The molecule has 1 saturated heterocycles. The molecular formula is C26H27ClN4O4S2. The van der Waals surface area contributed by atoms with Crippen LogP contribution in [0.25, 0.3) is 17.4 Å². The van der Waals surface area contributed by atoms with Crippen LogP contribution in [0.1, 0.15) is 11.3 Å². The van der Waals surface area contributed by atoms with E-state index in [1.807, 2.05) is 55.5 Å². The molecule has 4 rings (SSSR count). The van der Waals surface area contributed by atoms with E-state index >= 15 is 0 Å². The number of sulfonamides is 1. The van der Waals surface area contributed by atoms with Crippen molar-refractivity contribution in [3.63, 3.8) is 0 Å². The van der Waals surface area contributed by atoms with Crippen LogP contribution in [0.5, 0.6) is 0 Å². The van der Waals surface area contributed by atoms with Gasteiger partial charge >= 0.3 is 0 Å². The van der Waals surface area contributed by atoms with Gasteiger partial charge in [-0.1, -0.05) is 23.7 Å². The van der Waals surface area contributed by atoms with Gasteiger partial charge in [-0.2, -0.15) is 4.31 Å². The van der Waals surface area contributed by atoms with Gasteiger partial charge in [0.1, 0.15) is 11.5 Å². The molecule has 0 aliphatic carbocycles. The second kappa shape index (κ2) is 11.5. The number of hydrogen-bond acceptors (Lipinski definition) is 6. The molecule has 0 saturated carbocycles. The van der Waals surface area contributed by atoms with Crippen molar-refractivity contribution in [2.45, 2.75) is 6.92 Å². The number of furan rings is 1. The summed E-state index contributed by atoms with van der Waals surface area (Å²) in [6.07, 6.45) is 4.14. The number of anilines is 2. The number of amides is 1. The number of benzene rings is 2. The van der Waals surface area contributed by atoms with Crippen molar-refractivity contribution >= 4 is 62.3 Å². The van der Waals surface area contributed by atoms with Gasteiger partial charge in [-0.25, -0.2) is 8.42 Å². The van der Waals surface area contributed by atoms with Crippen LogP contribution in [0, 0.1) is 6.92 Å². The van der Waals surface area contributed by atoms with E-state index in [0.717, 1.165) is 22.5 Å². The van der Waals surface area contributed by atoms with E-state index in [0.29, 0.717) is 42.7 Å². The van der Waals surface area contributed by atoms with Gasteiger partial charge in [-0.15, -0.1) is 0 Å². The summed E-state index contributed by atoms with van der Waals surface area (Å²) in [6, 6.07) is 16.8. The molecule has 0 radical (unpaired) electrons. The third-order valence-electron chi connectivity index (χ3n) is 5.92. The summed E-state index contributed by atoms with van der Waals surface area (Å²) in [5.41, 5.74) is 3.55. The van der Waals surface area contributed by atoms with Crippen molar-refractivity contribution in [1.29, 1.82) is 0 Å². The molecule has 0 bridgehead atoms. The molecule has 37 heavy (non-hydrogen) atoms. The van der Waals surface area contributed by atoms with E-state index in [1.54, 1.807) is 12.1 Å². The van der Waals surface area contributed by atoms with Crippen LogP contribution in [-0.4, -0.2) is 56.2 Å². The topological polar surface area (TPSA) is 94.9 Å². The lowest BCUT2D eigenvalue weighted by molar-refractivity contribution is -0.115.